The van der Waals surface area contributed by atoms with Crippen molar-refractivity contribution in [2.75, 3.05) is 6.54 Å². The van der Waals surface area contributed by atoms with Crippen LogP contribution in [0, 0.1) is 0 Å². The Morgan fingerprint density at radius 2 is 2.08 bits per heavy atom. The predicted octanol–water partition coefficient (Wildman–Crippen LogP) is 1.16. The molecule has 24 heavy (non-hydrogen) atoms. The fourth-order valence-electron chi connectivity index (χ4n) is 3.36. The van der Waals surface area contributed by atoms with Gasteiger partial charge < -0.3 is 9.47 Å². The number of likely N-dealkylation sites (tertiary alicyclic amines) is 1. The molecular formula is C17H21N5O2. The summed E-state index contributed by atoms with van der Waals surface area (Å²) in [6.07, 6.45) is 8.01. The molecule has 2 aromatic rings. The average Bonchev–Trinajstić information content (AvgIpc) is 3.15. The maximum atomic E-state index is 12.8. The maximum Gasteiger partial charge on any atom is 0.255 e. The molecule has 0 bridgehead atoms. The first-order valence-electron chi connectivity index (χ1n) is 8.49. The van der Waals surface area contributed by atoms with Crippen molar-refractivity contribution in [1.29, 1.82) is 0 Å². The molecule has 7 nitrogen and oxygen atoms in total. The summed E-state index contributed by atoms with van der Waals surface area (Å²) in [5, 5.41) is 8.46. The van der Waals surface area contributed by atoms with Crippen LogP contribution < -0.4 is 5.56 Å². The van der Waals surface area contributed by atoms with Crippen molar-refractivity contribution in [2.45, 2.75) is 44.2 Å². The van der Waals surface area contributed by atoms with Crippen LogP contribution in [0.25, 0.3) is 0 Å². The van der Waals surface area contributed by atoms with E-state index in [0.29, 0.717) is 18.0 Å². The lowest BCUT2D eigenvalue weighted by atomic mass is 10.2. The highest BCUT2D eigenvalue weighted by Crippen LogP contribution is 2.38. The molecule has 2 fully saturated rings. The summed E-state index contributed by atoms with van der Waals surface area (Å²) in [4.78, 5) is 26.2. The molecule has 1 saturated carbocycles. The van der Waals surface area contributed by atoms with Gasteiger partial charge in [0.2, 0.25) is 5.56 Å². The molecule has 0 spiro atoms. The monoisotopic (exact) mass is 327 g/mol. The fraction of sp³-hybridized carbons (Fsp3) is 0.529. The molecule has 0 aromatic carbocycles. The summed E-state index contributed by atoms with van der Waals surface area (Å²) < 4.78 is 3.31. The van der Waals surface area contributed by atoms with Crippen molar-refractivity contribution < 1.29 is 4.79 Å². The van der Waals surface area contributed by atoms with Crippen LogP contribution in [-0.2, 0) is 13.6 Å². The second-order valence-electron chi connectivity index (χ2n) is 6.80. The van der Waals surface area contributed by atoms with Gasteiger partial charge in [-0.2, -0.15) is 0 Å². The van der Waals surface area contributed by atoms with Crippen LogP contribution in [0.2, 0.25) is 0 Å². The zero-order valence-electron chi connectivity index (χ0n) is 13.8. The minimum absolute atomic E-state index is 0.0179. The molecule has 1 atom stereocenters. The number of hydrogen-bond donors (Lipinski definition) is 0. The summed E-state index contributed by atoms with van der Waals surface area (Å²) in [5.74, 6) is 0.571. The normalized spacial score (nSPS) is 20.5. The lowest BCUT2D eigenvalue weighted by Gasteiger charge is -2.24. The number of carbonyl (C=O) groups excluding carboxylic acids is 1. The van der Waals surface area contributed by atoms with Gasteiger partial charge in [0.1, 0.15) is 0 Å². The molecule has 0 N–H and O–H groups in total. The molecule has 2 aliphatic rings. The second-order valence-corrected chi connectivity index (χ2v) is 6.80. The van der Waals surface area contributed by atoms with Crippen molar-refractivity contribution in [2.24, 2.45) is 7.05 Å². The molecule has 1 aliphatic carbocycles. The maximum absolute atomic E-state index is 12.8. The van der Waals surface area contributed by atoms with Crippen molar-refractivity contribution in [3.05, 3.63) is 46.1 Å². The van der Waals surface area contributed by atoms with Gasteiger partial charge in [0.05, 0.1) is 23.8 Å². The number of nitrogens with zero attached hydrogens (tertiary/aromatic N) is 5. The summed E-state index contributed by atoms with van der Waals surface area (Å²) >= 11 is 0. The minimum atomic E-state index is -0.111. The Labute approximate surface area is 139 Å². The standard InChI is InChI=1S/C17H21N5O2/c1-20-9-13(6-7-16(20)23)17(24)22-8-2-3-14(22)10-21-11-15(18-19-21)12-4-5-12/h6-7,9,11-12,14H,2-5,8,10H2,1H3/t14-/m0/s1. The zero-order chi connectivity index (χ0) is 16.7. The summed E-state index contributed by atoms with van der Waals surface area (Å²) in [6, 6.07) is 3.18. The molecule has 126 valence electrons. The smallest absolute Gasteiger partial charge is 0.255 e. The number of aromatic nitrogens is 4. The van der Waals surface area contributed by atoms with Gasteiger partial charge in [0, 0.05) is 38.0 Å². The van der Waals surface area contributed by atoms with Crippen molar-refractivity contribution in [3.8, 4) is 0 Å². The van der Waals surface area contributed by atoms with Gasteiger partial charge >= 0.3 is 0 Å². The summed E-state index contributed by atoms with van der Waals surface area (Å²) in [6.45, 7) is 1.42. The van der Waals surface area contributed by atoms with E-state index in [1.165, 1.54) is 23.5 Å². The predicted molar refractivity (Wildman–Crippen MR) is 87.7 cm³/mol. The molecule has 0 radical (unpaired) electrons. The minimum Gasteiger partial charge on any atom is -0.334 e. The third kappa shape index (κ3) is 2.86. The Balaban J connectivity index is 1.49. The van der Waals surface area contributed by atoms with Crippen molar-refractivity contribution in [1.82, 2.24) is 24.5 Å². The van der Waals surface area contributed by atoms with Crippen LogP contribution in [-0.4, -0.2) is 43.0 Å². The van der Waals surface area contributed by atoms with E-state index in [-0.39, 0.29) is 17.5 Å². The van der Waals surface area contributed by atoms with Crippen LogP contribution in [0.1, 0.15) is 47.7 Å². The Bertz CT molecular complexity index is 820. The summed E-state index contributed by atoms with van der Waals surface area (Å²) in [7, 11) is 1.66. The fourth-order valence-corrected chi connectivity index (χ4v) is 3.36. The summed E-state index contributed by atoms with van der Waals surface area (Å²) in [5.41, 5.74) is 1.52. The first-order chi connectivity index (χ1) is 11.6. The average molecular weight is 327 g/mol. The lowest BCUT2D eigenvalue weighted by molar-refractivity contribution is 0.0720. The SMILES string of the molecule is Cn1cc(C(=O)N2CCC[C@H]2Cn2cc(C3CC3)nn2)ccc1=O. The van der Waals surface area contributed by atoms with Crippen LogP contribution >= 0.6 is 0 Å². The van der Waals surface area contributed by atoms with E-state index in [2.05, 4.69) is 10.3 Å². The highest BCUT2D eigenvalue weighted by Gasteiger charge is 2.31. The molecule has 3 heterocycles. The van der Waals surface area contributed by atoms with Crippen molar-refractivity contribution in [3.63, 3.8) is 0 Å². The molecule has 7 heteroatoms. The molecule has 0 unspecified atom stereocenters. The first-order valence-corrected chi connectivity index (χ1v) is 8.49. The number of pyridine rings is 1. The molecule has 1 aliphatic heterocycles. The van der Waals surface area contributed by atoms with E-state index in [4.69, 9.17) is 0 Å². The Hall–Kier alpha value is -2.44. The number of carbonyl (C=O) groups is 1. The van der Waals surface area contributed by atoms with Crippen LogP contribution in [0.5, 0.6) is 0 Å². The van der Waals surface area contributed by atoms with E-state index in [0.717, 1.165) is 25.1 Å². The van der Waals surface area contributed by atoms with Gasteiger partial charge in [-0.3, -0.25) is 14.3 Å². The number of rotatable bonds is 4. The highest BCUT2D eigenvalue weighted by atomic mass is 16.2. The van der Waals surface area contributed by atoms with Gasteiger partial charge in [-0.15, -0.1) is 5.10 Å². The Morgan fingerprint density at radius 1 is 1.25 bits per heavy atom. The number of amides is 1. The Morgan fingerprint density at radius 3 is 2.83 bits per heavy atom. The van der Waals surface area contributed by atoms with Gasteiger partial charge in [0.25, 0.3) is 5.91 Å². The van der Waals surface area contributed by atoms with Crippen LogP contribution in [0.3, 0.4) is 0 Å². The third-order valence-corrected chi connectivity index (χ3v) is 4.92. The molecule has 1 amide bonds. The molecular weight excluding hydrogens is 306 g/mol. The number of aryl methyl sites for hydroxylation is 1. The van der Waals surface area contributed by atoms with Gasteiger partial charge in [-0.25, -0.2) is 0 Å². The largest absolute Gasteiger partial charge is 0.334 e. The first kappa shape index (κ1) is 15.1. The van der Waals surface area contributed by atoms with E-state index >= 15 is 0 Å². The van der Waals surface area contributed by atoms with Gasteiger partial charge in [-0.05, 0) is 31.7 Å². The van der Waals surface area contributed by atoms with E-state index in [1.54, 1.807) is 19.3 Å². The van der Waals surface area contributed by atoms with Gasteiger partial charge in [-0.1, -0.05) is 5.21 Å². The molecule has 2 aromatic heterocycles. The Kier molecular flexibility index (Phi) is 3.70. The van der Waals surface area contributed by atoms with E-state index in [9.17, 15) is 9.59 Å². The van der Waals surface area contributed by atoms with Crippen LogP contribution in [0.4, 0.5) is 0 Å². The second kappa shape index (κ2) is 5.89. The topological polar surface area (TPSA) is 73.0 Å². The zero-order valence-corrected chi connectivity index (χ0v) is 13.8. The lowest BCUT2D eigenvalue weighted by Crippen LogP contribution is -2.38. The highest BCUT2D eigenvalue weighted by molar-refractivity contribution is 5.94. The van der Waals surface area contributed by atoms with E-state index in [1.807, 2.05) is 15.8 Å². The quantitative estimate of drug-likeness (QED) is 0.845. The van der Waals surface area contributed by atoms with Gasteiger partial charge in [0.15, 0.2) is 0 Å². The third-order valence-electron chi connectivity index (χ3n) is 4.92. The number of hydrogen-bond acceptors (Lipinski definition) is 4. The van der Waals surface area contributed by atoms with Crippen LogP contribution in [0.15, 0.2) is 29.3 Å². The molecule has 1 saturated heterocycles. The van der Waals surface area contributed by atoms with E-state index < -0.39 is 0 Å². The molecule has 4 rings (SSSR count). The van der Waals surface area contributed by atoms with Crippen molar-refractivity contribution >= 4 is 5.91 Å².